The molecule has 0 saturated carbocycles. The summed E-state index contributed by atoms with van der Waals surface area (Å²) in [6, 6.07) is 8.51. The topological polar surface area (TPSA) is 78.4 Å². The standard InChI is InChI=1S/C19H21BrN2O5/c1-5-27-17-9-12(8-15(20)18(17)26-4)11-21-22-19(23)14-7-6-13(24-2)10-16(14)25-3/h6-11H,5H2,1-4H3,(H,22,23). The highest BCUT2D eigenvalue weighted by Gasteiger charge is 2.13. The zero-order chi connectivity index (χ0) is 19.8. The Bertz CT molecular complexity index is 839. The molecule has 144 valence electrons. The van der Waals surface area contributed by atoms with E-state index in [4.69, 9.17) is 18.9 Å². The van der Waals surface area contributed by atoms with Gasteiger partial charge in [0, 0.05) is 6.07 Å². The van der Waals surface area contributed by atoms with Crippen LogP contribution in [0.1, 0.15) is 22.8 Å². The summed E-state index contributed by atoms with van der Waals surface area (Å²) >= 11 is 3.44. The second-order valence-electron chi connectivity index (χ2n) is 5.23. The number of hydrazone groups is 1. The Morgan fingerprint density at radius 3 is 2.52 bits per heavy atom. The van der Waals surface area contributed by atoms with Crippen molar-refractivity contribution in [3.05, 3.63) is 45.9 Å². The molecule has 0 unspecified atom stereocenters. The molecule has 27 heavy (non-hydrogen) atoms. The fourth-order valence-electron chi connectivity index (χ4n) is 2.34. The third-order valence-electron chi connectivity index (χ3n) is 3.57. The first-order chi connectivity index (χ1) is 13.0. The Labute approximate surface area is 166 Å². The molecule has 0 aliphatic rings. The van der Waals surface area contributed by atoms with E-state index in [-0.39, 0.29) is 0 Å². The average molecular weight is 437 g/mol. The van der Waals surface area contributed by atoms with Gasteiger partial charge in [0.1, 0.15) is 11.5 Å². The van der Waals surface area contributed by atoms with Gasteiger partial charge in [-0.05, 0) is 52.7 Å². The van der Waals surface area contributed by atoms with Crippen LogP contribution in [0.15, 0.2) is 39.9 Å². The second-order valence-corrected chi connectivity index (χ2v) is 6.09. The third-order valence-corrected chi connectivity index (χ3v) is 4.16. The maximum Gasteiger partial charge on any atom is 0.275 e. The van der Waals surface area contributed by atoms with E-state index in [2.05, 4.69) is 26.5 Å². The van der Waals surface area contributed by atoms with Crippen molar-refractivity contribution in [3.8, 4) is 23.0 Å². The molecule has 0 bridgehead atoms. The number of rotatable bonds is 8. The van der Waals surface area contributed by atoms with Crippen LogP contribution < -0.4 is 24.4 Å². The van der Waals surface area contributed by atoms with Crippen molar-refractivity contribution in [2.45, 2.75) is 6.92 Å². The van der Waals surface area contributed by atoms with Crippen LogP contribution in [0.25, 0.3) is 0 Å². The lowest BCUT2D eigenvalue weighted by Gasteiger charge is -2.12. The summed E-state index contributed by atoms with van der Waals surface area (Å²) in [7, 11) is 4.60. The molecule has 8 heteroatoms. The first-order valence-electron chi connectivity index (χ1n) is 8.09. The number of hydrogen-bond donors (Lipinski definition) is 1. The van der Waals surface area contributed by atoms with Gasteiger partial charge in [0.05, 0.1) is 44.2 Å². The fourth-order valence-corrected chi connectivity index (χ4v) is 2.96. The summed E-state index contributed by atoms with van der Waals surface area (Å²) in [6.07, 6.45) is 1.51. The van der Waals surface area contributed by atoms with Crippen LogP contribution in [-0.4, -0.2) is 40.1 Å². The van der Waals surface area contributed by atoms with E-state index in [1.54, 1.807) is 38.5 Å². The van der Waals surface area contributed by atoms with Crippen LogP contribution in [0.3, 0.4) is 0 Å². The summed E-state index contributed by atoms with van der Waals surface area (Å²) in [5, 5.41) is 4.01. The number of methoxy groups -OCH3 is 3. The van der Waals surface area contributed by atoms with Crippen molar-refractivity contribution >= 4 is 28.1 Å². The number of ether oxygens (including phenoxy) is 4. The molecule has 0 atom stereocenters. The number of carbonyl (C=O) groups is 1. The van der Waals surface area contributed by atoms with Crippen molar-refractivity contribution in [1.82, 2.24) is 5.43 Å². The highest BCUT2D eigenvalue weighted by atomic mass is 79.9. The van der Waals surface area contributed by atoms with E-state index < -0.39 is 5.91 Å². The highest BCUT2D eigenvalue weighted by Crippen LogP contribution is 2.36. The third kappa shape index (κ3) is 5.13. The van der Waals surface area contributed by atoms with Crippen molar-refractivity contribution in [2.24, 2.45) is 5.10 Å². The Balaban J connectivity index is 2.16. The molecule has 2 rings (SSSR count). The Kier molecular flexibility index (Phi) is 7.48. The van der Waals surface area contributed by atoms with Crippen LogP contribution in [0.2, 0.25) is 0 Å². The minimum Gasteiger partial charge on any atom is -0.497 e. The molecular weight excluding hydrogens is 416 g/mol. The minimum absolute atomic E-state index is 0.348. The molecule has 0 radical (unpaired) electrons. The highest BCUT2D eigenvalue weighted by molar-refractivity contribution is 9.10. The number of nitrogens with one attached hydrogen (secondary N) is 1. The van der Waals surface area contributed by atoms with Crippen LogP contribution in [0.5, 0.6) is 23.0 Å². The normalized spacial score (nSPS) is 10.6. The van der Waals surface area contributed by atoms with E-state index in [0.717, 1.165) is 10.0 Å². The minimum atomic E-state index is -0.400. The first-order valence-corrected chi connectivity index (χ1v) is 8.89. The van der Waals surface area contributed by atoms with Crippen molar-refractivity contribution in [1.29, 1.82) is 0 Å². The molecule has 2 aromatic rings. The number of hydrogen-bond acceptors (Lipinski definition) is 6. The molecule has 0 aliphatic heterocycles. The number of nitrogens with zero attached hydrogens (tertiary/aromatic N) is 1. The van der Waals surface area contributed by atoms with Gasteiger partial charge in [0.2, 0.25) is 0 Å². The molecular formula is C19H21BrN2O5. The van der Waals surface area contributed by atoms with E-state index in [1.165, 1.54) is 13.3 Å². The predicted molar refractivity (Wildman–Crippen MR) is 106 cm³/mol. The van der Waals surface area contributed by atoms with Crippen LogP contribution >= 0.6 is 15.9 Å². The molecule has 0 aromatic heterocycles. The van der Waals surface area contributed by atoms with Crippen LogP contribution in [0, 0.1) is 0 Å². The zero-order valence-corrected chi connectivity index (χ0v) is 17.1. The zero-order valence-electron chi connectivity index (χ0n) is 15.5. The SMILES string of the molecule is CCOc1cc(C=NNC(=O)c2ccc(OC)cc2OC)cc(Br)c1OC. The van der Waals surface area contributed by atoms with Gasteiger partial charge in [-0.25, -0.2) is 5.43 Å². The van der Waals surface area contributed by atoms with Gasteiger partial charge in [-0.2, -0.15) is 5.10 Å². The molecule has 0 heterocycles. The van der Waals surface area contributed by atoms with Gasteiger partial charge in [0.15, 0.2) is 11.5 Å². The summed E-state index contributed by atoms with van der Waals surface area (Å²) in [5.74, 6) is 1.77. The lowest BCUT2D eigenvalue weighted by atomic mass is 10.2. The van der Waals surface area contributed by atoms with Gasteiger partial charge in [-0.3, -0.25) is 4.79 Å². The van der Waals surface area contributed by atoms with Gasteiger partial charge in [-0.15, -0.1) is 0 Å². The molecule has 0 spiro atoms. The maximum absolute atomic E-state index is 12.4. The lowest BCUT2D eigenvalue weighted by molar-refractivity contribution is 0.0952. The molecule has 0 saturated heterocycles. The number of halogens is 1. The maximum atomic E-state index is 12.4. The molecule has 0 fully saturated rings. The van der Waals surface area contributed by atoms with Gasteiger partial charge >= 0.3 is 0 Å². The molecule has 2 aromatic carbocycles. The van der Waals surface area contributed by atoms with E-state index in [1.807, 2.05) is 13.0 Å². The monoisotopic (exact) mass is 436 g/mol. The largest absolute Gasteiger partial charge is 0.497 e. The molecule has 0 aliphatic carbocycles. The summed E-state index contributed by atoms with van der Waals surface area (Å²) in [6.45, 7) is 2.38. The van der Waals surface area contributed by atoms with Crippen LogP contribution in [0.4, 0.5) is 0 Å². The first kappa shape index (κ1) is 20.6. The van der Waals surface area contributed by atoms with E-state index in [9.17, 15) is 4.79 Å². The van der Waals surface area contributed by atoms with Crippen molar-refractivity contribution in [2.75, 3.05) is 27.9 Å². The summed E-state index contributed by atoms with van der Waals surface area (Å²) < 4.78 is 22.0. The van der Waals surface area contributed by atoms with E-state index in [0.29, 0.717) is 35.2 Å². The smallest absolute Gasteiger partial charge is 0.275 e. The van der Waals surface area contributed by atoms with Gasteiger partial charge < -0.3 is 18.9 Å². The van der Waals surface area contributed by atoms with Gasteiger partial charge in [-0.1, -0.05) is 0 Å². The average Bonchev–Trinajstić information content (AvgIpc) is 2.67. The van der Waals surface area contributed by atoms with Crippen molar-refractivity contribution < 1.29 is 23.7 Å². The lowest BCUT2D eigenvalue weighted by Crippen LogP contribution is -2.18. The number of carbonyl (C=O) groups excluding carboxylic acids is 1. The summed E-state index contributed by atoms with van der Waals surface area (Å²) in [5.41, 5.74) is 3.56. The molecule has 1 N–H and O–H groups in total. The summed E-state index contributed by atoms with van der Waals surface area (Å²) in [4.78, 5) is 12.4. The molecule has 7 nitrogen and oxygen atoms in total. The fraction of sp³-hybridized carbons (Fsp3) is 0.263. The predicted octanol–water partition coefficient (Wildman–Crippen LogP) is 3.64. The molecule has 1 amide bonds. The Hall–Kier alpha value is -2.74. The Morgan fingerprint density at radius 2 is 1.89 bits per heavy atom. The van der Waals surface area contributed by atoms with Crippen LogP contribution in [-0.2, 0) is 0 Å². The second kappa shape index (κ2) is 9.82. The van der Waals surface area contributed by atoms with Crippen molar-refractivity contribution in [3.63, 3.8) is 0 Å². The van der Waals surface area contributed by atoms with Gasteiger partial charge in [0.25, 0.3) is 5.91 Å². The number of benzene rings is 2. The quantitative estimate of drug-likeness (QED) is 0.504. The van der Waals surface area contributed by atoms with E-state index >= 15 is 0 Å². The Morgan fingerprint density at radius 1 is 1.11 bits per heavy atom. The number of amides is 1.